The second-order valence-electron chi connectivity index (χ2n) is 4.00. The van der Waals surface area contributed by atoms with Gasteiger partial charge in [-0.25, -0.2) is 0 Å². The highest BCUT2D eigenvalue weighted by atomic mass is 32.1. The fourth-order valence-electron chi connectivity index (χ4n) is 1.76. The van der Waals surface area contributed by atoms with Crippen LogP contribution < -0.4 is 5.32 Å². The zero-order chi connectivity index (χ0) is 13.6. The Labute approximate surface area is 109 Å². The van der Waals surface area contributed by atoms with Crippen LogP contribution in [-0.4, -0.2) is 25.9 Å². The van der Waals surface area contributed by atoms with Gasteiger partial charge in [0, 0.05) is 17.5 Å². The van der Waals surface area contributed by atoms with Gasteiger partial charge >= 0.3 is 6.18 Å². The fraction of sp³-hybridized carbons (Fsp3) is 0.667. The Bertz CT molecular complexity index is 351. The summed E-state index contributed by atoms with van der Waals surface area (Å²) in [4.78, 5) is 1.19. The Morgan fingerprint density at radius 3 is 2.67 bits per heavy atom. The van der Waals surface area contributed by atoms with Crippen molar-refractivity contribution in [1.82, 2.24) is 5.32 Å². The summed E-state index contributed by atoms with van der Waals surface area (Å²) in [6, 6.07) is 2.08. The van der Waals surface area contributed by atoms with Gasteiger partial charge in [-0.1, -0.05) is 6.92 Å². The average Bonchev–Trinajstić information content (AvgIpc) is 2.68. The maximum Gasteiger partial charge on any atom is 0.411 e. The van der Waals surface area contributed by atoms with Crippen molar-refractivity contribution < 1.29 is 17.9 Å². The van der Waals surface area contributed by atoms with E-state index in [0.29, 0.717) is 6.42 Å². The van der Waals surface area contributed by atoms with Crippen LogP contribution >= 0.6 is 11.3 Å². The molecule has 0 saturated heterocycles. The third kappa shape index (κ3) is 5.37. The molecule has 1 aromatic rings. The standard InChI is InChI=1S/C12H18F3NOS/c1-3-16-11(10-5-7-18-9(10)2)4-6-17-8-12(13,14)15/h5,7,11,16H,3-4,6,8H2,1-2H3. The van der Waals surface area contributed by atoms with E-state index in [9.17, 15) is 13.2 Å². The fourth-order valence-corrected chi connectivity index (χ4v) is 2.52. The van der Waals surface area contributed by atoms with Gasteiger partial charge in [-0.05, 0) is 36.9 Å². The van der Waals surface area contributed by atoms with Crippen LogP contribution in [0.25, 0.3) is 0 Å². The smallest absolute Gasteiger partial charge is 0.372 e. The Hall–Kier alpha value is -0.590. The molecule has 104 valence electrons. The lowest BCUT2D eigenvalue weighted by atomic mass is 10.1. The highest BCUT2D eigenvalue weighted by Crippen LogP contribution is 2.25. The third-order valence-corrected chi connectivity index (χ3v) is 3.40. The van der Waals surface area contributed by atoms with Crippen molar-refractivity contribution in [3.8, 4) is 0 Å². The molecule has 1 rings (SSSR count). The van der Waals surface area contributed by atoms with Crippen LogP contribution in [0.2, 0.25) is 0 Å². The molecule has 2 nitrogen and oxygen atoms in total. The first kappa shape index (κ1) is 15.5. The van der Waals surface area contributed by atoms with Crippen LogP contribution in [0.15, 0.2) is 11.4 Å². The molecule has 1 aromatic heterocycles. The molecule has 1 unspecified atom stereocenters. The van der Waals surface area contributed by atoms with Gasteiger partial charge in [-0.3, -0.25) is 0 Å². The van der Waals surface area contributed by atoms with Gasteiger partial charge in [0.2, 0.25) is 0 Å². The SMILES string of the molecule is CCNC(CCOCC(F)(F)F)c1ccsc1C. The Balaban J connectivity index is 2.42. The topological polar surface area (TPSA) is 21.3 Å². The average molecular weight is 281 g/mol. The van der Waals surface area contributed by atoms with Gasteiger partial charge in [0.15, 0.2) is 0 Å². The number of rotatable bonds is 7. The Kier molecular flexibility index (Phi) is 6.11. The monoisotopic (exact) mass is 281 g/mol. The van der Waals surface area contributed by atoms with Crippen molar-refractivity contribution >= 4 is 11.3 Å². The molecule has 0 radical (unpaired) electrons. The van der Waals surface area contributed by atoms with Gasteiger partial charge in [0.1, 0.15) is 6.61 Å². The molecule has 0 aromatic carbocycles. The molecule has 0 saturated carbocycles. The molecule has 18 heavy (non-hydrogen) atoms. The first-order chi connectivity index (χ1) is 8.44. The van der Waals surface area contributed by atoms with E-state index in [-0.39, 0.29) is 12.6 Å². The van der Waals surface area contributed by atoms with Gasteiger partial charge in [-0.2, -0.15) is 13.2 Å². The van der Waals surface area contributed by atoms with E-state index in [0.717, 1.165) is 12.1 Å². The molecule has 1 heterocycles. The van der Waals surface area contributed by atoms with Crippen molar-refractivity contribution in [3.63, 3.8) is 0 Å². The molecule has 0 aliphatic carbocycles. The van der Waals surface area contributed by atoms with Crippen LogP contribution in [-0.2, 0) is 4.74 Å². The molecule has 6 heteroatoms. The van der Waals surface area contributed by atoms with Crippen LogP contribution in [0.1, 0.15) is 29.8 Å². The van der Waals surface area contributed by atoms with Crippen molar-refractivity contribution in [2.75, 3.05) is 19.8 Å². The molecule has 0 aliphatic rings. The summed E-state index contributed by atoms with van der Waals surface area (Å²) in [6.07, 6.45) is -3.70. The number of ether oxygens (including phenoxy) is 1. The normalized spacial score (nSPS) is 13.8. The van der Waals surface area contributed by atoms with E-state index in [1.165, 1.54) is 4.88 Å². The molecular formula is C12H18F3NOS. The molecular weight excluding hydrogens is 263 g/mol. The summed E-state index contributed by atoms with van der Waals surface area (Å²) >= 11 is 1.64. The van der Waals surface area contributed by atoms with Crippen LogP contribution in [0.5, 0.6) is 0 Å². The van der Waals surface area contributed by atoms with Gasteiger partial charge in [-0.15, -0.1) is 11.3 Å². The van der Waals surface area contributed by atoms with Crippen LogP contribution in [0.3, 0.4) is 0 Å². The quantitative estimate of drug-likeness (QED) is 0.770. The zero-order valence-corrected chi connectivity index (χ0v) is 11.3. The summed E-state index contributed by atoms with van der Waals surface area (Å²) < 4.78 is 40.4. The largest absolute Gasteiger partial charge is 0.411 e. The molecule has 0 bridgehead atoms. The Morgan fingerprint density at radius 1 is 1.44 bits per heavy atom. The summed E-state index contributed by atoms with van der Waals surface area (Å²) in [6.45, 7) is 3.70. The second-order valence-corrected chi connectivity index (χ2v) is 5.12. The Morgan fingerprint density at radius 2 is 2.17 bits per heavy atom. The number of thiophene rings is 1. The number of nitrogens with one attached hydrogen (secondary N) is 1. The lowest BCUT2D eigenvalue weighted by Crippen LogP contribution is -2.24. The number of hydrogen-bond donors (Lipinski definition) is 1. The minimum atomic E-state index is -4.24. The summed E-state index contributed by atoms with van der Waals surface area (Å²) in [7, 11) is 0. The van der Waals surface area contributed by atoms with Crippen LogP contribution in [0, 0.1) is 6.92 Å². The minimum Gasteiger partial charge on any atom is -0.372 e. The van der Waals surface area contributed by atoms with Gasteiger partial charge in [0.25, 0.3) is 0 Å². The van der Waals surface area contributed by atoms with E-state index in [2.05, 4.69) is 10.1 Å². The third-order valence-electron chi connectivity index (χ3n) is 2.54. The maximum absolute atomic E-state index is 11.9. The number of hydrogen-bond acceptors (Lipinski definition) is 3. The maximum atomic E-state index is 11.9. The first-order valence-corrected chi connectivity index (χ1v) is 6.74. The minimum absolute atomic E-state index is 0.0643. The van der Waals surface area contributed by atoms with E-state index in [4.69, 9.17) is 0 Å². The van der Waals surface area contributed by atoms with Crippen molar-refractivity contribution in [1.29, 1.82) is 0 Å². The molecule has 1 atom stereocenters. The van der Waals surface area contributed by atoms with Crippen molar-refractivity contribution in [3.05, 3.63) is 21.9 Å². The molecule has 1 N–H and O–H groups in total. The predicted octanol–water partition coefficient (Wildman–Crippen LogP) is 3.68. The van der Waals surface area contributed by atoms with Gasteiger partial charge in [0.05, 0.1) is 0 Å². The summed E-state index contributed by atoms with van der Waals surface area (Å²) in [5, 5.41) is 5.26. The molecule has 0 fully saturated rings. The van der Waals surface area contributed by atoms with E-state index in [1.54, 1.807) is 11.3 Å². The van der Waals surface area contributed by atoms with Crippen molar-refractivity contribution in [2.45, 2.75) is 32.5 Å². The lowest BCUT2D eigenvalue weighted by molar-refractivity contribution is -0.174. The van der Waals surface area contributed by atoms with Crippen LogP contribution in [0.4, 0.5) is 13.2 Å². The summed E-state index contributed by atoms with van der Waals surface area (Å²) in [5.41, 5.74) is 1.15. The number of halogens is 3. The van der Waals surface area contributed by atoms with Gasteiger partial charge < -0.3 is 10.1 Å². The van der Waals surface area contributed by atoms with E-state index >= 15 is 0 Å². The molecule has 0 spiro atoms. The lowest BCUT2D eigenvalue weighted by Gasteiger charge is -2.18. The molecule has 0 amide bonds. The van der Waals surface area contributed by atoms with E-state index < -0.39 is 12.8 Å². The highest BCUT2D eigenvalue weighted by molar-refractivity contribution is 7.10. The highest BCUT2D eigenvalue weighted by Gasteiger charge is 2.27. The van der Waals surface area contributed by atoms with E-state index in [1.807, 2.05) is 25.3 Å². The zero-order valence-electron chi connectivity index (χ0n) is 10.5. The summed E-state index contributed by atoms with van der Waals surface area (Å²) in [5.74, 6) is 0. The van der Waals surface area contributed by atoms with Crippen molar-refractivity contribution in [2.24, 2.45) is 0 Å². The number of alkyl halides is 3. The molecule has 0 aliphatic heterocycles. The second kappa shape index (κ2) is 7.11. The predicted molar refractivity (Wildman–Crippen MR) is 67.0 cm³/mol. The number of aryl methyl sites for hydroxylation is 1. The first-order valence-electron chi connectivity index (χ1n) is 5.86.